The molecule has 0 radical (unpaired) electrons. The van der Waals surface area contributed by atoms with E-state index >= 15 is 0 Å². The van der Waals surface area contributed by atoms with E-state index in [4.69, 9.17) is 0 Å². The third kappa shape index (κ3) is 3.65. The highest BCUT2D eigenvalue weighted by Gasteiger charge is 2.22. The molecule has 1 aliphatic carbocycles. The molecule has 178 valence electrons. The van der Waals surface area contributed by atoms with Crippen LogP contribution < -0.4 is 0 Å². The summed E-state index contributed by atoms with van der Waals surface area (Å²) in [4.78, 5) is 0. The molecule has 5 aromatic rings. The van der Waals surface area contributed by atoms with Gasteiger partial charge in [-0.1, -0.05) is 96.1 Å². The number of rotatable bonds is 0. The van der Waals surface area contributed by atoms with Gasteiger partial charge < -0.3 is 0 Å². The van der Waals surface area contributed by atoms with Gasteiger partial charge in [0.05, 0.1) is 0 Å². The number of hydrogen-bond acceptors (Lipinski definition) is 0. The van der Waals surface area contributed by atoms with Gasteiger partial charge in [-0.15, -0.1) is 0 Å². The third-order valence-corrected chi connectivity index (χ3v) is 8.57. The van der Waals surface area contributed by atoms with Crippen LogP contribution in [0.15, 0.2) is 54.6 Å². The van der Waals surface area contributed by atoms with E-state index < -0.39 is 0 Å². The Balaban J connectivity index is 1.59. The van der Waals surface area contributed by atoms with Crippen LogP contribution in [0.2, 0.25) is 0 Å². The van der Waals surface area contributed by atoms with Gasteiger partial charge in [0.25, 0.3) is 0 Å². The summed E-state index contributed by atoms with van der Waals surface area (Å²) >= 11 is 0. The van der Waals surface area contributed by atoms with Gasteiger partial charge in [0.2, 0.25) is 0 Å². The van der Waals surface area contributed by atoms with E-state index in [0.29, 0.717) is 0 Å². The van der Waals surface area contributed by atoms with Crippen molar-refractivity contribution >= 4 is 32.3 Å². The van der Waals surface area contributed by atoms with E-state index in [9.17, 15) is 0 Å². The molecular formula is C35H38. The number of hydrogen-bond donors (Lipinski definition) is 0. The fraction of sp³-hybridized carbons (Fsp3) is 0.371. The number of aryl methyl sites for hydroxylation is 4. The topological polar surface area (TPSA) is 0 Å². The van der Waals surface area contributed by atoms with Crippen molar-refractivity contribution in [3.63, 3.8) is 0 Å². The van der Waals surface area contributed by atoms with Gasteiger partial charge in [-0.2, -0.15) is 0 Å². The van der Waals surface area contributed by atoms with Crippen molar-refractivity contribution in [3.8, 4) is 0 Å². The first-order valence-corrected chi connectivity index (χ1v) is 13.4. The van der Waals surface area contributed by atoms with E-state index in [1.807, 2.05) is 0 Å². The Kier molecular flexibility index (Phi) is 4.89. The monoisotopic (exact) mass is 458 g/mol. The van der Waals surface area contributed by atoms with Crippen LogP contribution in [0.4, 0.5) is 0 Å². The molecule has 0 fully saturated rings. The highest BCUT2D eigenvalue weighted by atomic mass is 14.3. The Morgan fingerprint density at radius 3 is 1.37 bits per heavy atom. The lowest BCUT2D eigenvalue weighted by atomic mass is 9.79. The normalized spacial score (nSPS) is 14.8. The van der Waals surface area contributed by atoms with E-state index in [0.717, 1.165) is 25.7 Å². The molecule has 5 aromatic carbocycles. The first-order valence-electron chi connectivity index (χ1n) is 13.4. The second kappa shape index (κ2) is 7.57. The van der Waals surface area contributed by atoms with Gasteiger partial charge >= 0.3 is 0 Å². The maximum atomic E-state index is 2.54. The molecule has 0 nitrogen and oxygen atoms in total. The van der Waals surface area contributed by atoms with Crippen LogP contribution >= 0.6 is 0 Å². The van der Waals surface area contributed by atoms with Gasteiger partial charge in [0.15, 0.2) is 0 Å². The molecule has 4 bridgehead atoms. The fourth-order valence-corrected chi connectivity index (χ4v) is 6.25. The lowest BCUT2D eigenvalue weighted by molar-refractivity contribution is 0.587. The van der Waals surface area contributed by atoms with Crippen molar-refractivity contribution in [1.82, 2.24) is 0 Å². The fourth-order valence-electron chi connectivity index (χ4n) is 6.25. The molecule has 0 N–H and O–H groups in total. The van der Waals surface area contributed by atoms with Crippen LogP contribution in [-0.4, -0.2) is 0 Å². The van der Waals surface area contributed by atoms with Gasteiger partial charge in [0.1, 0.15) is 0 Å². The molecule has 1 aliphatic rings. The molecular weight excluding hydrogens is 420 g/mol. The molecule has 0 heterocycles. The highest BCUT2D eigenvalue weighted by Crippen LogP contribution is 2.41. The Bertz CT molecular complexity index is 1500. The molecule has 0 atom stereocenters. The smallest absolute Gasteiger partial charge is 0.00213 e. The van der Waals surface area contributed by atoms with E-state index in [-0.39, 0.29) is 10.8 Å². The zero-order valence-corrected chi connectivity index (χ0v) is 22.5. The minimum absolute atomic E-state index is 0.147. The lowest BCUT2D eigenvalue weighted by Gasteiger charge is -2.25. The molecule has 0 aliphatic heterocycles. The van der Waals surface area contributed by atoms with Crippen LogP contribution in [0.3, 0.4) is 0 Å². The van der Waals surface area contributed by atoms with Crippen molar-refractivity contribution in [2.24, 2.45) is 0 Å². The third-order valence-electron chi connectivity index (χ3n) is 8.57. The first-order chi connectivity index (χ1) is 16.5. The molecule has 35 heavy (non-hydrogen) atoms. The SMILES string of the molecule is Cc1c2cc(C(C)(C)C)cc1CCc1cc(c3ccc4cc(C(C)(C)C)cc5ccc1c3c45)CC2. The molecule has 6 rings (SSSR count). The van der Waals surface area contributed by atoms with E-state index in [2.05, 4.69) is 103 Å². The quantitative estimate of drug-likeness (QED) is 0.203. The van der Waals surface area contributed by atoms with Crippen LogP contribution in [0, 0.1) is 6.92 Å². The Hall–Kier alpha value is -2.86. The second-order valence-corrected chi connectivity index (χ2v) is 13.0. The summed E-state index contributed by atoms with van der Waals surface area (Å²) in [6.45, 7) is 16.3. The average molecular weight is 459 g/mol. The minimum atomic E-state index is 0.147. The summed E-state index contributed by atoms with van der Waals surface area (Å²) in [5.74, 6) is 0. The van der Waals surface area contributed by atoms with Crippen LogP contribution in [0.25, 0.3) is 32.3 Å². The Morgan fingerprint density at radius 1 is 0.486 bits per heavy atom. The van der Waals surface area contributed by atoms with E-state index in [1.165, 1.54) is 71.3 Å². The molecule has 0 saturated carbocycles. The van der Waals surface area contributed by atoms with Crippen molar-refractivity contribution in [3.05, 3.63) is 93.5 Å². The minimum Gasteiger partial charge on any atom is -0.0561 e. The predicted molar refractivity (Wildman–Crippen MR) is 154 cm³/mol. The van der Waals surface area contributed by atoms with Crippen molar-refractivity contribution in [2.75, 3.05) is 0 Å². The maximum absolute atomic E-state index is 2.54. The van der Waals surface area contributed by atoms with Crippen LogP contribution in [0.5, 0.6) is 0 Å². The summed E-state index contributed by atoms with van der Waals surface area (Å²) < 4.78 is 0. The van der Waals surface area contributed by atoms with Gasteiger partial charge in [-0.05, 0) is 115 Å². The molecule has 0 spiro atoms. The average Bonchev–Trinajstić information content (AvgIpc) is 2.79. The largest absolute Gasteiger partial charge is 0.0561 e. The molecule has 0 unspecified atom stereocenters. The second-order valence-electron chi connectivity index (χ2n) is 13.0. The zero-order valence-electron chi connectivity index (χ0n) is 22.5. The summed E-state index contributed by atoms with van der Waals surface area (Å²) in [6.07, 6.45) is 4.42. The predicted octanol–water partition coefficient (Wildman–Crippen LogP) is 9.37. The Labute approximate surface area is 210 Å². The zero-order chi connectivity index (χ0) is 24.7. The van der Waals surface area contributed by atoms with Crippen molar-refractivity contribution in [1.29, 1.82) is 0 Å². The van der Waals surface area contributed by atoms with E-state index in [1.54, 1.807) is 0 Å². The lowest BCUT2D eigenvalue weighted by Crippen LogP contribution is -2.14. The summed E-state index contributed by atoms with van der Waals surface area (Å²) in [6, 6.07) is 21.9. The molecule has 0 saturated heterocycles. The molecule has 0 heteroatoms. The summed E-state index contributed by atoms with van der Waals surface area (Å²) in [5.41, 5.74) is 10.9. The van der Waals surface area contributed by atoms with Gasteiger partial charge in [-0.25, -0.2) is 0 Å². The number of fused-ring (bicyclic) bond motifs is 6. The first kappa shape index (κ1) is 22.6. The summed E-state index contributed by atoms with van der Waals surface area (Å²) in [5, 5.41) is 8.63. The van der Waals surface area contributed by atoms with Crippen LogP contribution in [-0.2, 0) is 36.5 Å². The van der Waals surface area contributed by atoms with Crippen molar-refractivity contribution in [2.45, 2.75) is 85.0 Å². The molecule has 0 amide bonds. The van der Waals surface area contributed by atoms with Gasteiger partial charge in [-0.3, -0.25) is 0 Å². The van der Waals surface area contributed by atoms with Crippen LogP contribution in [0.1, 0.15) is 80.5 Å². The highest BCUT2D eigenvalue weighted by molar-refractivity contribution is 6.24. The molecule has 0 aromatic heterocycles. The van der Waals surface area contributed by atoms with Crippen molar-refractivity contribution < 1.29 is 0 Å². The standard InChI is InChI=1S/C35H38/c1-21-22-8-10-24-16-25(11-9-23(21)18-28(17-22)34(2,3)4)31-15-13-27-20-29(35(5,6)7)19-26-12-14-30(24)33(31)32(26)27/h12-20H,8-11H2,1-7H3. The maximum Gasteiger partial charge on any atom is -0.00213 e. The number of benzene rings is 5. The Morgan fingerprint density at radius 2 is 0.914 bits per heavy atom. The van der Waals surface area contributed by atoms with Gasteiger partial charge in [0, 0.05) is 0 Å². The summed E-state index contributed by atoms with van der Waals surface area (Å²) in [7, 11) is 0.